The number of halogens is 2. The third-order valence-corrected chi connectivity index (χ3v) is 5.71. The quantitative estimate of drug-likeness (QED) is 0.631. The lowest BCUT2D eigenvalue weighted by atomic mass is 10.1. The van der Waals surface area contributed by atoms with Crippen molar-refractivity contribution in [2.45, 2.75) is 25.9 Å². The first kappa shape index (κ1) is 20.4. The summed E-state index contributed by atoms with van der Waals surface area (Å²) in [5, 5.41) is 11.3. The Kier molecular flexibility index (Phi) is 5.78. The zero-order chi connectivity index (χ0) is 21.3. The van der Waals surface area contributed by atoms with Gasteiger partial charge in [0, 0.05) is 32.1 Å². The van der Waals surface area contributed by atoms with Gasteiger partial charge in [0.15, 0.2) is 5.82 Å². The van der Waals surface area contributed by atoms with Gasteiger partial charge in [-0.05, 0) is 36.6 Å². The Hall–Kier alpha value is -2.84. The van der Waals surface area contributed by atoms with Gasteiger partial charge in [0.2, 0.25) is 5.95 Å². The molecule has 2 amide bonds. The molecule has 30 heavy (non-hydrogen) atoms. The van der Waals surface area contributed by atoms with Crippen LogP contribution in [0.5, 0.6) is 0 Å². The number of amides is 2. The molecule has 8 nitrogen and oxygen atoms in total. The number of fused-ring (bicyclic) bond motifs is 1. The molecule has 0 aliphatic carbocycles. The number of hydrogen-bond donors (Lipinski definition) is 2. The van der Waals surface area contributed by atoms with Crippen molar-refractivity contribution < 1.29 is 4.79 Å². The van der Waals surface area contributed by atoms with E-state index in [4.69, 9.17) is 23.2 Å². The molecule has 156 valence electrons. The van der Waals surface area contributed by atoms with Gasteiger partial charge in [-0.3, -0.25) is 4.68 Å². The van der Waals surface area contributed by atoms with Crippen LogP contribution in [0.3, 0.4) is 0 Å². The Labute approximate surface area is 184 Å². The molecular weight excluding hydrogens is 425 g/mol. The first-order valence-corrected chi connectivity index (χ1v) is 10.3. The molecule has 2 aromatic heterocycles. The average Bonchev–Trinajstić information content (AvgIpc) is 3.13. The maximum Gasteiger partial charge on any atom is 0.318 e. The van der Waals surface area contributed by atoms with E-state index in [1.807, 2.05) is 32.3 Å². The van der Waals surface area contributed by atoms with Gasteiger partial charge in [0.05, 0.1) is 28.3 Å². The minimum atomic E-state index is -0.208. The smallest absolute Gasteiger partial charge is 0.318 e. The summed E-state index contributed by atoms with van der Waals surface area (Å²) in [5.74, 6) is 1.12. The van der Waals surface area contributed by atoms with Gasteiger partial charge in [0.25, 0.3) is 0 Å². The van der Waals surface area contributed by atoms with E-state index < -0.39 is 0 Å². The predicted molar refractivity (Wildman–Crippen MR) is 116 cm³/mol. The highest BCUT2D eigenvalue weighted by Crippen LogP contribution is 2.26. The molecule has 0 saturated heterocycles. The lowest BCUT2D eigenvalue weighted by molar-refractivity contribution is 0.188. The summed E-state index contributed by atoms with van der Waals surface area (Å²) in [5.41, 5.74) is 2.76. The number of urea groups is 1. The molecule has 0 unspecified atom stereocenters. The molecule has 0 bridgehead atoms. The van der Waals surface area contributed by atoms with E-state index in [1.54, 1.807) is 27.9 Å². The number of carbonyl (C=O) groups is 1. The Morgan fingerprint density at radius 3 is 2.80 bits per heavy atom. The monoisotopic (exact) mass is 445 g/mol. The zero-order valence-corrected chi connectivity index (χ0v) is 18.1. The fourth-order valence-electron chi connectivity index (χ4n) is 3.27. The number of aromatic nitrogens is 4. The van der Waals surface area contributed by atoms with Crippen LogP contribution in [0, 0.1) is 0 Å². The number of nitrogens with zero attached hydrogens (tertiary/aromatic N) is 5. The molecule has 1 atom stereocenters. The maximum absolute atomic E-state index is 12.8. The van der Waals surface area contributed by atoms with Crippen LogP contribution in [-0.2, 0) is 20.0 Å². The summed E-state index contributed by atoms with van der Waals surface area (Å²) < 4.78 is 1.70. The van der Waals surface area contributed by atoms with E-state index in [1.165, 1.54) is 0 Å². The molecule has 10 heteroatoms. The lowest BCUT2D eigenvalue weighted by Crippen LogP contribution is -2.43. The molecular formula is C20H21Cl2N7O. The van der Waals surface area contributed by atoms with Crippen LogP contribution in [-0.4, -0.2) is 37.2 Å². The molecule has 1 aliphatic heterocycles. The molecule has 3 heterocycles. The number of aryl methyl sites for hydroxylation is 1. The van der Waals surface area contributed by atoms with Crippen LogP contribution >= 0.6 is 23.2 Å². The number of anilines is 2. The van der Waals surface area contributed by atoms with Crippen molar-refractivity contribution in [2.75, 3.05) is 11.9 Å². The van der Waals surface area contributed by atoms with Crippen LogP contribution in [0.4, 0.5) is 16.6 Å². The molecule has 4 rings (SSSR count). The SMILES string of the molecule is C[C@@H](NC(=O)N1CCc2cnc(Nc3ccn(C)n3)nc2C1)c1ccc(Cl)c(Cl)c1. The number of benzene rings is 1. The Morgan fingerprint density at radius 1 is 1.23 bits per heavy atom. The van der Waals surface area contributed by atoms with Crippen LogP contribution in [0.2, 0.25) is 10.0 Å². The number of carbonyl (C=O) groups excluding carboxylic acids is 1. The van der Waals surface area contributed by atoms with Crippen molar-refractivity contribution >= 4 is 41.0 Å². The molecule has 1 aromatic carbocycles. The predicted octanol–water partition coefficient (Wildman–Crippen LogP) is 4.09. The largest absolute Gasteiger partial charge is 0.331 e. The zero-order valence-electron chi connectivity index (χ0n) is 16.6. The van der Waals surface area contributed by atoms with Gasteiger partial charge in [-0.25, -0.2) is 14.8 Å². The first-order chi connectivity index (χ1) is 14.4. The number of nitrogens with one attached hydrogen (secondary N) is 2. The van der Waals surface area contributed by atoms with E-state index in [2.05, 4.69) is 25.7 Å². The molecule has 0 fully saturated rings. The molecule has 0 spiro atoms. The van der Waals surface area contributed by atoms with Crippen LogP contribution in [0.15, 0.2) is 36.7 Å². The summed E-state index contributed by atoms with van der Waals surface area (Å²) in [6, 6.07) is 6.83. The Bertz CT molecular complexity index is 1080. The van der Waals surface area contributed by atoms with Gasteiger partial charge in [-0.15, -0.1) is 0 Å². The number of hydrogen-bond acceptors (Lipinski definition) is 5. The minimum absolute atomic E-state index is 0.155. The lowest BCUT2D eigenvalue weighted by Gasteiger charge is -2.29. The molecule has 0 radical (unpaired) electrons. The van der Waals surface area contributed by atoms with Gasteiger partial charge in [0.1, 0.15) is 0 Å². The van der Waals surface area contributed by atoms with Crippen LogP contribution < -0.4 is 10.6 Å². The van der Waals surface area contributed by atoms with Gasteiger partial charge >= 0.3 is 6.03 Å². The Balaban J connectivity index is 1.42. The minimum Gasteiger partial charge on any atom is -0.331 e. The topological polar surface area (TPSA) is 88.0 Å². The van der Waals surface area contributed by atoms with Crippen LogP contribution in [0.1, 0.15) is 29.8 Å². The van der Waals surface area contributed by atoms with Gasteiger partial charge < -0.3 is 15.5 Å². The summed E-state index contributed by atoms with van der Waals surface area (Å²) >= 11 is 12.1. The second kappa shape index (κ2) is 8.49. The van der Waals surface area contributed by atoms with E-state index in [9.17, 15) is 4.79 Å². The maximum atomic E-state index is 12.8. The standard InChI is InChI=1S/C20H21Cl2N7O/c1-12(13-3-4-15(21)16(22)9-13)24-20(30)29-8-5-14-10-23-19(25-17(14)11-29)26-18-6-7-28(2)27-18/h3-4,6-7,9-10,12H,5,8,11H2,1-2H3,(H,24,30)(H,23,25,26,27)/t12-/m1/s1. The third kappa shape index (κ3) is 4.49. The normalized spacial score (nSPS) is 14.2. The van der Waals surface area contributed by atoms with E-state index in [0.29, 0.717) is 41.3 Å². The van der Waals surface area contributed by atoms with E-state index >= 15 is 0 Å². The summed E-state index contributed by atoms with van der Waals surface area (Å²) in [4.78, 5) is 23.5. The van der Waals surface area contributed by atoms with Crippen molar-refractivity contribution in [1.29, 1.82) is 0 Å². The average molecular weight is 446 g/mol. The summed E-state index contributed by atoms with van der Waals surface area (Å²) in [6.07, 6.45) is 4.34. The van der Waals surface area contributed by atoms with Crippen molar-refractivity contribution in [1.82, 2.24) is 30.0 Å². The summed E-state index contributed by atoms with van der Waals surface area (Å²) in [7, 11) is 1.84. The molecule has 1 aliphatic rings. The van der Waals surface area contributed by atoms with Crippen molar-refractivity contribution in [3.63, 3.8) is 0 Å². The fourth-order valence-corrected chi connectivity index (χ4v) is 3.58. The van der Waals surface area contributed by atoms with Crippen molar-refractivity contribution in [3.8, 4) is 0 Å². The highest BCUT2D eigenvalue weighted by molar-refractivity contribution is 6.42. The van der Waals surface area contributed by atoms with Gasteiger partial charge in [-0.2, -0.15) is 5.10 Å². The van der Waals surface area contributed by atoms with Crippen molar-refractivity contribution in [2.24, 2.45) is 7.05 Å². The van der Waals surface area contributed by atoms with Gasteiger partial charge in [-0.1, -0.05) is 29.3 Å². The highest BCUT2D eigenvalue weighted by Gasteiger charge is 2.24. The van der Waals surface area contributed by atoms with Crippen molar-refractivity contribution in [3.05, 3.63) is 63.5 Å². The third-order valence-electron chi connectivity index (χ3n) is 4.97. The molecule has 0 saturated carbocycles. The highest BCUT2D eigenvalue weighted by atomic mass is 35.5. The summed E-state index contributed by atoms with van der Waals surface area (Å²) in [6.45, 7) is 2.92. The second-order valence-electron chi connectivity index (χ2n) is 7.18. The molecule has 2 N–H and O–H groups in total. The first-order valence-electron chi connectivity index (χ1n) is 9.51. The van der Waals surface area contributed by atoms with E-state index in [0.717, 1.165) is 16.8 Å². The second-order valence-corrected chi connectivity index (χ2v) is 8.00. The Morgan fingerprint density at radius 2 is 2.07 bits per heavy atom. The van der Waals surface area contributed by atoms with Crippen LogP contribution in [0.25, 0.3) is 0 Å². The number of rotatable bonds is 4. The fraction of sp³-hybridized carbons (Fsp3) is 0.300. The van der Waals surface area contributed by atoms with E-state index in [-0.39, 0.29) is 12.1 Å². The molecule has 3 aromatic rings.